The molecule has 1 aliphatic rings. The molecule has 0 N–H and O–H groups in total. The van der Waals surface area contributed by atoms with Crippen LogP contribution in [0.1, 0.15) is 18.4 Å². The molecular weight excluding hydrogens is 332 g/mol. The van der Waals surface area contributed by atoms with E-state index in [4.69, 9.17) is 4.74 Å². The molecule has 1 saturated heterocycles. The molecule has 0 saturated carbocycles. The van der Waals surface area contributed by atoms with Gasteiger partial charge in [0.1, 0.15) is 5.75 Å². The summed E-state index contributed by atoms with van der Waals surface area (Å²) in [6.45, 7) is 7.93. The number of piperazine rings is 1. The fourth-order valence-electron chi connectivity index (χ4n) is 4.00. The average Bonchev–Trinajstić information content (AvgIpc) is 2.74. The van der Waals surface area contributed by atoms with Crippen LogP contribution in [0.5, 0.6) is 5.75 Å². The molecule has 3 heteroatoms. The Balaban J connectivity index is 1.38. The Morgan fingerprint density at radius 1 is 0.852 bits per heavy atom. The van der Waals surface area contributed by atoms with E-state index in [-0.39, 0.29) is 0 Å². The van der Waals surface area contributed by atoms with Crippen molar-refractivity contribution in [3.63, 3.8) is 0 Å². The van der Waals surface area contributed by atoms with Gasteiger partial charge < -0.3 is 9.64 Å². The number of methoxy groups -OCH3 is 1. The van der Waals surface area contributed by atoms with Crippen molar-refractivity contribution in [2.45, 2.75) is 12.8 Å². The fourth-order valence-corrected chi connectivity index (χ4v) is 4.00. The summed E-state index contributed by atoms with van der Waals surface area (Å²) in [5, 5.41) is 2.52. The normalized spacial score (nSPS) is 16.4. The smallest absolute Gasteiger partial charge is 0.119 e. The number of ether oxygens (including phenoxy) is 1. The van der Waals surface area contributed by atoms with E-state index in [0.717, 1.165) is 38.5 Å². The van der Waals surface area contributed by atoms with Crippen molar-refractivity contribution in [2.75, 3.05) is 44.7 Å². The number of fused-ring (bicyclic) bond motifs is 1. The van der Waals surface area contributed by atoms with Gasteiger partial charge in [-0.25, -0.2) is 0 Å². The highest BCUT2D eigenvalue weighted by molar-refractivity contribution is 5.84. The van der Waals surface area contributed by atoms with Crippen molar-refractivity contribution < 1.29 is 4.74 Å². The monoisotopic (exact) mass is 360 g/mol. The van der Waals surface area contributed by atoms with Gasteiger partial charge in [0.15, 0.2) is 0 Å². The minimum absolute atomic E-state index is 0.528. The number of rotatable bonds is 5. The lowest BCUT2D eigenvalue weighted by molar-refractivity contribution is 0.246. The Labute approximate surface area is 162 Å². The maximum absolute atomic E-state index is 5.33. The molecule has 3 aromatic carbocycles. The Morgan fingerprint density at radius 2 is 1.56 bits per heavy atom. The lowest BCUT2D eigenvalue weighted by Gasteiger charge is -2.37. The van der Waals surface area contributed by atoms with Crippen molar-refractivity contribution in [2.24, 2.45) is 0 Å². The second-order valence-electron chi connectivity index (χ2n) is 7.50. The van der Waals surface area contributed by atoms with E-state index < -0.39 is 0 Å². The summed E-state index contributed by atoms with van der Waals surface area (Å²) < 4.78 is 5.33. The maximum Gasteiger partial charge on any atom is 0.119 e. The van der Waals surface area contributed by atoms with Gasteiger partial charge in [-0.2, -0.15) is 0 Å². The predicted molar refractivity (Wildman–Crippen MR) is 114 cm³/mol. The van der Waals surface area contributed by atoms with Crippen LogP contribution in [-0.4, -0.2) is 44.7 Å². The molecule has 0 radical (unpaired) electrons. The van der Waals surface area contributed by atoms with Gasteiger partial charge >= 0.3 is 0 Å². The quantitative estimate of drug-likeness (QED) is 0.651. The van der Waals surface area contributed by atoms with Crippen LogP contribution >= 0.6 is 0 Å². The molecule has 3 aromatic rings. The molecule has 0 unspecified atom stereocenters. The fraction of sp³-hybridized carbons (Fsp3) is 0.333. The first-order valence-electron chi connectivity index (χ1n) is 9.83. The SMILES string of the molecule is COc1ccc2cc([C@@H](C)CN3CCN(c4ccccc4)CC3)ccc2c1. The highest BCUT2D eigenvalue weighted by atomic mass is 16.5. The molecule has 3 nitrogen and oxygen atoms in total. The van der Waals surface area contributed by atoms with Crippen molar-refractivity contribution in [1.82, 2.24) is 4.90 Å². The van der Waals surface area contributed by atoms with Crippen molar-refractivity contribution in [3.05, 3.63) is 72.3 Å². The number of hydrogen-bond acceptors (Lipinski definition) is 3. The third kappa shape index (κ3) is 4.09. The molecule has 1 fully saturated rings. The third-order valence-corrected chi connectivity index (χ3v) is 5.67. The van der Waals surface area contributed by atoms with Gasteiger partial charge in [0.05, 0.1) is 7.11 Å². The van der Waals surface area contributed by atoms with E-state index in [1.807, 2.05) is 6.07 Å². The van der Waals surface area contributed by atoms with Gasteiger partial charge in [-0.15, -0.1) is 0 Å². The first-order valence-corrected chi connectivity index (χ1v) is 9.83. The third-order valence-electron chi connectivity index (χ3n) is 5.67. The van der Waals surface area contributed by atoms with E-state index in [1.165, 1.54) is 22.0 Å². The number of anilines is 1. The van der Waals surface area contributed by atoms with Crippen molar-refractivity contribution in [3.8, 4) is 5.75 Å². The first-order chi connectivity index (χ1) is 13.2. The van der Waals surface area contributed by atoms with Crippen LogP contribution in [0.25, 0.3) is 10.8 Å². The van der Waals surface area contributed by atoms with Crippen LogP contribution in [0.4, 0.5) is 5.69 Å². The molecule has 1 aliphatic heterocycles. The van der Waals surface area contributed by atoms with Gasteiger partial charge in [-0.1, -0.05) is 49.4 Å². The Bertz CT molecular complexity index is 885. The summed E-state index contributed by atoms with van der Waals surface area (Å²) in [4.78, 5) is 5.09. The highest BCUT2D eigenvalue weighted by Crippen LogP contribution is 2.26. The molecule has 0 aliphatic carbocycles. The minimum Gasteiger partial charge on any atom is -0.497 e. The molecule has 1 heterocycles. The van der Waals surface area contributed by atoms with E-state index in [2.05, 4.69) is 77.4 Å². The van der Waals surface area contributed by atoms with Crippen LogP contribution in [0.3, 0.4) is 0 Å². The lowest BCUT2D eigenvalue weighted by atomic mass is 9.97. The maximum atomic E-state index is 5.33. The standard InChI is InChI=1S/C24H28N2O/c1-19(20-8-9-22-17-24(27-2)11-10-21(22)16-20)18-25-12-14-26(15-13-25)23-6-4-3-5-7-23/h3-11,16-17,19H,12-15,18H2,1-2H3/t19-/m0/s1. The first kappa shape index (κ1) is 17.9. The molecule has 0 spiro atoms. The Hall–Kier alpha value is -2.52. The highest BCUT2D eigenvalue weighted by Gasteiger charge is 2.19. The average molecular weight is 361 g/mol. The second-order valence-corrected chi connectivity index (χ2v) is 7.50. The minimum atomic E-state index is 0.528. The second kappa shape index (κ2) is 8.01. The summed E-state index contributed by atoms with van der Waals surface area (Å²) in [5.41, 5.74) is 2.76. The number of hydrogen-bond donors (Lipinski definition) is 0. The van der Waals surface area contributed by atoms with Crippen LogP contribution in [0, 0.1) is 0 Å². The summed E-state index contributed by atoms with van der Waals surface area (Å²) in [7, 11) is 1.72. The number of benzene rings is 3. The molecule has 0 amide bonds. The van der Waals surface area contributed by atoms with Crippen molar-refractivity contribution in [1.29, 1.82) is 0 Å². The van der Waals surface area contributed by atoms with Crippen LogP contribution < -0.4 is 9.64 Å². The van der Waals surface area contributed by atoms with Crippen LogP contribution in [0.15, 0.2) is 66.7 Å². The van der Waals surface area contributed by atoms with E-state index in [9.17, 15) is 0 Å². The zero-order chi connectivity index (χ0) is 18.6. The van der Waals surface area contributed by atoms with Gasteiger partial charge in [0, 0.05) is 38.4 Å². The topological polar surface area (TPSA) is 15.7 Å². The molecule has 4 rings (SSSR count). The van der Waals surface area contributed by atoms with Gasteiger partial charge in [-0.3, -0.25) is 4.90 Å². The van der Waals surface area contributed by atoms with E-state index >= 15 is 0 Å². The molecule has 27 heavy (non-hydrogen) atoms. The Morgan fingerprint density at radius 3 is 2.30 bits per heavy atom. The largest absolute Gasteiger partial charge is 0.497 e. The summed E-state index contributed by atoms with van der Waals surface area (Å²) in [6.07, 6.45) is 0. The number of para-hydroxylation sites is 1. The van der Waals surface area contributed by atoms with Crippen LogP contribution in [0.2, 0.25) is 0 Å². The van der Waals surface area contributed by atoms with Crippen molar-refractivity contribution >= 4 is 16.5 Å². The summed E-state index contributed by atoms with van der Waals surface area (Å²) in [6, 6.07) is 23.9. The zero-order valence-electron chi connectivity index (χ0n) is 16.3. The van der Waals surface area contributed by atoms with Gasteiger partial charge in [0.2, 0.25) is 0 Å². The molecule has 1 atom stereocenters. The molecule has 0 bridgehead atoms. The lowest BCUT2D eigenvalue weighted by Crippen LogP contribution is -2.47. The summed E-state index contributed by atoms with van der Waals surface area (Å²) >= 11 is 0. The Kier molecular flexibility index (Phi) is 5.30. The molecule has 140 valence electrons. The number of nitrogens with zero attached hydrogens (tertiary/aromatic N) is 2. The van der Waals surface area contributed by atoms with Crippen LogP contribution in [-0.2, 0) is 0 Å². The van der Waals surface area contributed by atoms with Gasteiger partial charge in [-0.05, 0) is 46.5 Å². The van der Waals surface area contributed by atoms with E-state index in [0.29, 0.717) is 5.92 Å². The zero-order valence-corrected chi connectivity index (χ0v) is 16.3. The summed E-state index contributed by atoms with van der Waals surface area (Å²) in [5.74, 6) is 1.44. The van der Waals surface area contributed by atoms with Gasteiger partial charge in [0.25, 0.3) is 0 Å². The predicted octanol–water partition coefficient (Wildman–Crippen LogP) is 4.77. The molecular formula is C24H28N2O. The molecule has 0 aromatic heterocycles. The van der Waals surface area contributed by atoms with E-state index in [1.54, 1.807) is 7.11 Å².